The zero-order valence-corrected chi connectivity index (χ0v) is 7.52. The van der Waals surface area contributed by atoms with Crippen molar-refractivity contribution in [1.82, 2.24) is 0 Å². The van der Waals surface area contributed by atoms with Crippen LogP contribution in [0, 0.1) is 0 Å². The van der Waals surface area contributed by atoms with Gasteiger partial charge < -0.3 is 0 Å². The first kappa shape index (κ1) is 10.1. The van der Waals surface area contributed by atoms with Gasteiger partial charge in [0.25, 0.3) is 0 Å². The first-order valence-corrected chi connectivity index (χ1v) is 3.72. The molecule has 0 N–H and O–H groups in total. The Balaban J connectivity index is 4.66. The lowest BCUT2D eigenvalue weighted by molar-refractivity contribution is -0.117. The van der Waals surface area contributed by atoms with E-state index in [0.29, 0.717) is 17.6 Å². The lowest BCUT2D eigenvalue weighted by Crippen LogP contribution is -2.04. The van der Waals surface area contributed by atoms with Gasteiger partial charge in [0.15, 0.2) is 11.6 Å². The van der Waals surface area contributed by atoms with E-state index in [0.717, 1.165) is 0 Å². The minimum Gasteiger partial charge on any atom is -0.295 e. The third-order valence-corrected chi connectivity index (χ3v) is 1.83. The van der Waals surface area contributed by atoms with E-state index in [1.165, 1.54) is 6.92 Å². The SMILES string of the molecule is CCC(=O)/C(C)=C(/C)C(C)=O. The Labute approximate surface area is 67.3 Å². The molecule has 0 heterocycles. The van der Waals surface area contributed by atoms with E-state index in [4.69, 9.17) is 0 Å². The van der Waals surface area contributed by atoms with Crippen molar-refractivity contribution >= 4 is 11.6 Å². The quantitative estimate of drug-likeness (QED) is 0.582. The molecule has 0 aromatic carbocycles. The molecule has 0 aliphatic heterocycles. The van der Waals surface area contributed by atoms with Crippen LogP contribution in [0.25, 0.3) is 0 Å². The Hall–Kier alpha value is -0.920. The van der Waals surface area contributed by atoms with Crippen LogP contribution >= 0.6 is 0 Å². The molecule has 2 heteroatoms. The first-order chi connectivity index (χ1) is 5.00. The lowest BCUT2D eigenvalue weighted by atomic mass is 10.0. The predicted molar refractivity (Wildman–Crippen MR) is 44.4 cm³/mol. The average Bonchev–Trinajstić information content (AvgIpc) is 2.00. The molecule has 0 atom stereocenters. The van der Waals surface area contributed by atoms with Gasteiger partial charge in [-0.25, -0.2) is 0 Å². The molecule has 0 saturated heterocycles. The van der Waals surface area contributed by atoms with Crippen LogP contribution < -0.4 is 0 Å². The van der Waals surface area contributed by atoms with E-state index in [1.54, 1.807) is 20.8 Å². The predicted octanol–water partition coefficient (Wildman–Crippen LogP) is 1.89. The largest absolute Gasteiger partial charge is 0.295 e. The molecule has 0 aliphatic carbocycles. The summed E-state index contributed by atoms with van der Waals surface area (Å²) in [4.78, 5) is 21.8. The molecule has 0 spiro atoms. The van der Waals surface area contributed by atoms with E-state index < -0.39 is 0 Å². The van der Waals surface area contributed by atoms with Crippen LogP contribution in [0.1, 0.15) is 34.1 Å². The highest BCUT2D eigenvalue weighted by Crippen LogP contribution is 2.06. The van der Waals surface area contributed by atoms with Gasteiger partial charge >= 0.3 is 0 Å². The normalized spacial score (nSPS) is 12.4. The minimum absolute atomic E-state index is 0.0238. The molecule has 0 saturated carbocycles. The van der Waals surface area contributed by atoms with Crippen molar-refractivity contribution < 1.29 is 9.59 Å². The molecule has 0 rings (SSSR count). The third-order valence-electron chi connectivity index (χ3n) is 1.83. The number of ketones is 2. The van der Waals surface area contributed by atoms with Crippen molar-refractivity contribution in [3.05, 3.63) is 11.1 Å². The fourth-order valence-electron chi connectivity index (χ4n) is 0.738. The fraction of sp³-hybridized carbons (Fsp3) is 0.556. The topological polar surface area (TPSA) is 34.1 Å². The zero-order chi connectivity index (χ0) is 9.02. The van der Waals surface area contributed by atoms with E-state index in [-0.39, 0.29) is 11.6 Å². The van der Waals surface area contributed by atoms with Gasteiger partial charge in [0.2, 0.25) is 0 Å². The third kappa shape index (κ3) is 2.66. The van der Waals surface area contributed by atoms with E-state index >= 15 is 0 Å². The highest BCUT2D eigenvalue weighted by atomic mass is 16.1. The maximum atomic E-state index is 11.0. The van der Waals surface area contributed by atoms with Gasteiger partial charge in [0, 0.05) is 6.42 Å². The first-order valence-electron chi connectivity index (χ1n) is 3.72. The summed E-state index contributed by atoms with van der Waals surface area (Å²) >= 11 is 0. The Bertz CT molecular complexity index is 212. The van der Waals surface area contributed by atoms with Crippen LogP contribution in [0.4, 0.5) is 0 Å². The van der Waals surface area contributed by atoms with Gasteiger partial charge in [-0.2, -0.15) is 0 Å². The summed E-state index contributed by atoms with van der Waals surface area (Å²) in [6, 6.07) is 0. The molecular weight excluding hydrogens is 140 g/mol. The maximum Gasteiger partial charge on any atom is 0.158 e. The van der Waals surface area contributed by atoms with Crippen molar-refractivity contribution in [2.45, 2.75) is 34.1 Å². The number of hydrogen-bond acceptors (Lipinski definition) is 2. The van der Waals surface area contributed by atoms with Crippen LogP contribution in [0.5, 0.6) is 0 Å². The standard InChI is InChI=1S/C9H14O2/c1-5-9(11)7(3)6(2)8(4)10/h5H2,1-4H3/b7-6-. The average molecular weight is 154 g/mol. The number of rotatable bonds is 3. The van der Waals surface area contributed by atoms with Crippen LogP contribution in [-0.4, -0.2) is 11.6 Å². The monoisotopic (exact) mass is 154 g/mol. The highest BCUT2D eigenvalue weighted by Gasteiger charge is 2.07. The van der Waals surface area contributed by atoms with Crippen molar-refractivity contribution in [2.24, 2.45) is 0 Å². The fourth-order valence-corrected chi connectivity index (χ4v) is 0.738. The lowest BCUT2D eigenvalue weighted by Gasteiger charge is -2.00. The molecule has 0 amide bonds. The van der Waals surface area contributed by atoms with Crippen molar-refractivity contribution in [3.8, 4) is 0 Å². The number of allylic oxidation sites excluding steroid dienone is 2. The van der Waals surface area contributed by atoms with Crippen molar-refractivity contribution in [2.75, 3.05) is 0 Å². The molecular formula is C9H14O2. The maximum absolute atomic E-state index is 11.0. The summed E-state index contributed by atoms with van der Waals surface area (Å²) in [6.45, 7) is 6.65. The summed E-state index contributed by atoms with van der Waals surface area (Å²) in [5, 5.41) is 0. The summed E-state index contributed by atoms with van der Waals surface area (Å²) in [6.07, 6.45) is 0.469. The summed E-state index contributed by atoms with van der Waals surface area (Å²) in [5.74, 6) is 0.0296. The van der Waals surface area contributed by atoms with Crippen LogP contribution in [0.3, 0.4) is 0 Å². The summed E-state index contributed by atoms with van der Waals surface area (Å²) in [7, 11) is 0. The number of Topliss-reactive ketones (excluding diaryl/α,β-unsaturated/α-hetero) is 2. The van der Waals surface area contributed by atoms with Gasteiger partial charge in [0.05, 0.1) is 0 Å². The van der Waals surface area contributed by atoms with Gasteiger partial charge in [-0.1, -0.05) is 6.92 Å². The molecule has 0 aromatic rings. The summed E-state index contributed by atoms with van der Waals surface area (Å²) in [5.41, 5.74) is 1.18. The Morgan fingerprint density at radius 1 is 1.00 bits per heavy atom. The van der Waals surface area contributed by atoms with Crippen LogP contribution in [-0.2, 0) is 9.59 Å². The van der Waals surface area contributed by atoms with Gasteiger partial charge in [-0.3, -0.25) is 9.59 Å². The smallest absolute Gasteiger partial charge is 0.158 e. The Morgan fingerprint density at radius 2 is 1.45 bits per heavy atom. The van der Waals surface area contributed by atoms with Crippen LogP contribution in [0.15, 0.2) is 11.1 Å². The van der Waals surface area contributed by atoms with E-state index in [2.05, 4.69) is 0 Å². The molecule has 0 aromatic heterocycles. The van der Waals surface area contributed by atoms with E-state index in [9.17, 15) is 9.59 Å². The zero-order valence-electron chi connectivity index (χ0n) is 7.52. The Kier molecular flexibility index (Phi) is 3.72. The van der Waals surface area contributed by atoms with Crippen LogP contribution in [0.2, 0.25) is 0 Å². The Morgan fingerprint density at radius 3 is 1.73 bits per heavy atom. The molecule has 62 valence electrons. The van der Waals surface area contributed by atoms with Crippen molar-refractivity contribution in [3.63, 3.8) is 0 Å². The molecule has 0 radical (unpaired) electrons. The van der Waals surface area contributed by atoms with E-state index in [1.807, 2.05) is 0 Å². The molecule has 2 nitrogen and oxygen atoms in total. The highest BCUT2D eigenvalue weighted by molar-refractivity contribution is 6.04. The van der Waals surface area contributed by atoms with Gasteiger partial charge in [-0.05, 0) is 31.9 Å². The molecule has 0 unspecified atom stereocenters. The van der Waals surface area contributed by atoms with Crippen molar-refractivity contribution in [1.29, 1.82) is 0 Å². The minimum atomic E-state index is -0.0238. The molecule has 0 aliphatic rings. The number of carbonyl (C=O) groups excluding carboxylic acids is 2. The van der Waals surface area contributed by atoms with Gasteiger partial charge in [-0.15, -0.1) is 0 Å². The second-order valence-electron chi connectivity index (χ2n) is 2.58. The molecule has 0 fully saturated rings. The number of carbonyl (C=O) groups is 2. The molecule has 11 heavy (non-hydrogen) atoms. The molecule has 0 bridgehead atoms. The summed E-state index contributed by atoms with van der Waals surface area (Å²) < 4.78 is 0. The van der Waals surface area contributed by atoms with Gasteiger partial charge in [0.1, 0.15) is 0 Å². The number of hydrogen-bond donors (Lipinski definition) is 0. The second-order valence-corrected chi connectivity index (χ2v) is 2.58. The second kappa shape index (κ2) is 4.06.